The topological polar surface area (TPSA) is 31.9 Å². The smallest absolute Gasteiger partial charge is 0.137 e. The van der Waals surface area contributed by atoms with Gasteiger partial charge in [-0.2, -0.15) is 0 Å². The zero-order valence-electron chi connectivity index (χ0n) is 11.1. The molecule has 0 atom stereocenters. The monoisotopic (exact) mass is 250 g/mol. The molecular formula is C16H16N3. The van der Waals surface area contributed by atoms with Gasteiger partial charge in [0.05, 0.1) is 0 Å². The molecule has 0 fully saturated rings. The standard InChI is InChI=1S/C16H16N3/c1-19(2)11-12-6-3-4-7-13(12)15-10-18-16-14(15)8-5-9-17-16/h3-5,7-10H,11H2,1-2H3,(H,17,18). The molecule has 0 unspecified atom stereocenters. The fraction of sp³-hybridized carbons (Fsp3) is 0.188. The molecule has 0 aliphatic carbocycles. The van der Waals surface area contributed by atoms with E-state index in [2.05, 4.69) is 47.2 Å². The van der Waals surface area contributed by atoms with Gasteiger partial charge in [-0.3, -0.25) is 0 Å². The molecule has 1 N–H and O–H groups in total. The minimum Gasteiger partial charge on any atom is -0.346 e. The molecule has 1 radical (unpaired) electrons. The zero-order valence-corrected chi connectivity index (χ0v) is 11.1. The maximum atomic E-state index is 4.34. The molecule has 0 bridgehead atoms. The van der Waals surface area contributed by atoms with Gasteiger partial charge in [-0.05, 0) is 43.4 Å². The van der Waals surface area contributed by atoms with Gasteiger partial charge >= 0.3 is 0 Å². The molecule has 3 nitrogen and oxygen atoms in total. The predicted molar refractivity (Wildman–Crippen MR) is 77.8 cm³/mol. The van der Waals surface area contributed by atoms with Gasteiger partial charge in [0.2, 0.25) is 0 Å². The van der Waals surface area contributed by atoms with Gasteiger partial charge in [0.15, 0.2) is 0 Å². The van der Waals surface area contributed by atoms with Crippen LogP contribution >= 0.6 is 0 Å². The molecule has 0 aliphatic heterocycles. The Morgan fingerprint density at radius 1 is 1.21 bits per heavy atom. The summed E-state index contributed by atoms with van der Waals surface area (Å²) in [5.74, 6) is 0. The summed E-state index contributed by atoms with van der Waals surface area (Å²) in [6, 6.07) is 13.6. The van der Waals surface area contributed by atoms with Gasteiger partial charge < -0.3 is 9.88 Å². The summed E-state index contributed by atoms with van der Waals surface area (Å²) < 4.78 is 0. The lowest BCUT2D eigenvalue weighted by Gasteiger charge is -2.13. The third kappa shape index (κ3) is 2.25. The van der Waals surface area contributed by atoms with Crippen LogP contribution in [0, 0.1) is 6.07 Å². The molecule has 95 valence electrons. The van der Waals surface area contributed by atoms with Crippen molar-refractivity contribution in [2.75, 3.05) is 14.1 Å². The number of nitrogens with one attached hydrogen (secondary N) is 1. The number of hydrogen-bond acceptors (Lipinski definition) is 2. The Bertz CT molecular complexity index is 698. The van der Waals surface area contributed by atoms with Crippen molar-refractivity contribution < 1.29 is 0 Å². The van der Waals surface area contributed by atoms with Crippen molar-refractivity contribution in [3.8, 4) is 11.1 Å². The highest BCUT2D eigenvalue weighted by Gasteiger charge is 2.10. The molecule has 2 aromatic heterocycles. The van der Waals surface area contributed by atoms with Crippen LogP contribution in [0.25, 0.3) is 22.2 Å². The van der Waals surface area contributed by atoms with Crippen LogP contribution in [0.4, 0.5) is 0 Å². The van der Waals surface area contributed by atoms with Crippen LogP contribution in [-0.4, -0.2) is 29.0 Å². The average molecular weight is 250 g/mol. The van der Waals surface area contributed by atoms with Crippen molar-refractivity contribution in [2.45, 2.75) is 6.54 Å². The number of rotatable bonds is 3. The van der Waals surface area contributed by atoms with E-state index in [4.69, 9.17) is 0 Å². The van der Waals surface area contributed by atoms with Gasteiger partial charge in [0.1, 0.15) is 5.65 Å². The molecule has 3 aromatic rings. The number of hydrogen-bond donors (Lipinski definition) is 1. The highest BCUT2D eigenvalue weighted by Crippen LogP contribution is 2.30. The first-order chi connectivity index (χ1) is 9.25. The summed E-state index contributed by atoms with van der Waals surface area (Å²) in [5, 5.41) is 1.15. The second-order valence-corrected chi connectivity index (χ2v) is 4.90. The zero-order chi connectivity index (χ0) is 13.2. The van der Waals surface area contributed by atoms with Gasteiger partial charge in [0.25, 0.3) is 0 Å². The molecule has 0 spiro atoms. The van der Waals surface area contributed by atoms with E-state index in [9.17, 15) is 0 Å². The highest BCUT2D eigenvalue weighted by molar-refractivity contribution is 5.94. The second kappa shape index (κ2) is 4.86. The number of aromatic nitrogens is 2. The molecule has 2 heterocycles. The van der Waals surface area contributed by atoms with E-state index in [1.165, 1.54) is 16.7 Å². The number of fused-ring (bicyclic) bond motifs is 1. The Kier molecular flexibility index (Phi) is 3.05. The summed E-state index contributed by atoms with van der Waals surface area (Å²) in [4.78, 5) is 9.73. The van der Waals surface area contributed by atoms with Gasteiger partial charge in [-0.1, -0.05) is 18.2 Å². The summed E-state index contributed by atoms with van der Waals surface area (Å²) in [7, 11) is 4.14. The van der Waals surface area contributed by atoms with Crippen molar-refractivity contribution in [2.24, 2.45) is 0 Å². The summed E-state index contributed by atoms with van der Waals surface area (Å²) in [6.45, 7) is 0.878. The Labute approximate surface area is 112 Å². The maximum Gasteiger partial charge on any atom is 0.137 e. The van der Waals surface area contributed by atoms with Crippen molar-refractivity contribution >= 4 is 11.0 Å². The van der Waals surface area contributed by atoms with Crippen molar-refractivity contribution in [1.82, 2.24) is 14.9 Å². The highest BCUT2D eigenvalue weighted by atomic mass is 15.0. The van der Waals surface area contributed by atoms with Crippen molar-refractivity contribution in [1.29, 1.82) is 0 Å². The minimum absolute atomic E-state index is 0.878. The van der Waals surface area contributed by atoms with Crippen LogP contribution in [0.1, 0.15) is 5.56 Å². The minimum atomic E-state index is 0.878. The fourth-order valence-electron chi connectivity index (χ4n) is 2.35. The molecule has 0 aliphatic rings. The van der Waals surface area contributed by atoms with E-state index >= 15 is 0 Å². The normalized spacial score (nSPS) is 11.3. The van der Waals surface area contributed by atoms with Crippen LogP contribution in [0.5, 0.6) is 0 Å². The van der Waals surface area contributed by atoms with Crippen LogP contribution in [0.2, 0.25) is 0 Å². The third-order valence-corrected chi connectivity index (χ3v) is 3.16. The largest absolute Gasteiger partial charge is 0.346 e. The van der Waals surface area contributed by atoms with Crippen LogP contribution in [-0.2, 0) is 6.54 Å². The van der Waals surface area contributed by atoms with Gasteiger partial charge in [0, 0.05) is 29.9 Å². The first-order valence-corrected chi connectivity index (χ1v) is 6.32. The van der Waals surface area contributed by atoms with Crippen LogP contribution in [0.3, 0.4) is 0 Å². The van der Waals surface area contributed by atoms with E-state index in [0.29, 0.717) is 0 Å². The lowest BCUT2D eigenvalue weighted by atomic mass is 9.99. The summed E-state index contributed by atoms with van der Waals surface area (Å²) in [6.07, 6.45) is 3.83. The Morgan fingerprint density at radius 3 is 2.95 bits per heavy atom. The summed E-state index contributed by atoms with van der Waals surface area (Å²) >= 11 is 0. The Morgan fingerprint density at radius 2 is 2.11 bits per heavy atom. The third-order valence-electron chi connectivity index (χ3n) is 3.16. The van der Waals surface area contributed by atoms with Crippen LogP contribution in [0.15, 0.2) is 42.7 Å². The first-order valence-electron chi connectivity index (χ1n) is 6.32. The van der Waals surface area contributed by atoms with E-state index < -0.39 is 0 Å². The predicted octanol–water partition coefficient (Wildman–Crippen LogP) is 3.09. The Balaban J connectivity index is 2.16. The molecule has 0 saturated heterocycles. The molecule has 1 aromatic carbocycles. The van der Waals surface area contributed by atoms with Gasteiger partial charge in [-0.25, -0.2) is 4.98 Å². The number of H-pyrrole nitrogens is 1. The number of pyridine rings is 1. The van der Waals surface area contributed by atoms with E-state index in [1.807, 2.05) is 24.4 Å². The molecule has 0 saturated carbocycles. The lowest BCUT2D eigenvalue weighted by molar-refractivity contribution is 0.403. The molecule has 19 heavy (non-hydrogen) atoms. The average Bonchev–Trinajstić information content (AvgIpc) is 2.82. The number of benzene rings is 1. The van der Waals surface area contributed by atoms with E-state index in [0.717, 1.165) is 17.6 Å². The molecule has 3 rings (SSSR count). The van der Waals surface area contributed by atoms with Gasteiger partial charge in [-0.15, -0.1) is 0 Å². The fourth-order valence-corrected chi connectivity index (χ4v) is 2.35. The number of aromatic amines is 1. The molecule has 3 heteroatoms. The van der Waals surface area contributed by atoms with E-state index in [-0.39, 0.29) is 0 Å². The Hall–Kier alpha value is -2.13. The van der Waals surface area contributed by atoms with E-state index in [1.54, 1.807) is 6.20 Å². The molecule has 0 amide bonds. The number of nitrogens with zero attached hydrogens (tertiary/aromatic N) is 2. The van der Waals surface area contributed by atoms with Crippen molar-refractivity contribution in [3.63, 3.8) is 0 Å². The lowest BCUT2D eigenvalue weighted by Crippen LogP contribution is -2.11. The van der Waals surface area contributed by atoms with Crippen LogP contribution < -0.4 is 0 Å². The SMILES string of the molecule is CN(C)Cc1[c]cccc1-c1c[nH]c2ncccc12. The quantitative estimate of drug-likeness (QED) is 0.774. The maximum absolute atomic E-state index is 4.34. The second-order valence-electron chi connectivity index (χ2n) is 4.90. The summed E-state index contributed by atoms with van der Waals surface area (Å²) in [5.41, 5.74) is 4.54. The first kappa shape index (κ1) is 11.9. The molecular weight excluding hydrogens is 234 g/mol. The van der Waals surface area contributed by atoms with Crippen molar-refractivity contribution in [3.05, 3.63) is 54.4 Å².